The Hall–Kier alpha value is -1.89. The number of hydrogen-bond donors (Lipinski definition) is 3. The van der Waals surface area contributed by atoms with Crippen LogP contribution in [0.25, 0.3) is 0 Å². The van der Waals surface area contributed by atoms with Gasteiger partial charge in [-0.15, -0.1) is 0 Å². The van der Waals surface area contributed by atoms with Crippen LogP contribution in [0.3, 0.4) is 0 Å². The second-order valence-corrected chi connectivity index (χ2v) is 5.70. The summed E-state index contributed by atoms with van der Waals surface area (Å²) in [6, 6.07) is 5.92. The standard InChI is InChI=1S/C14H21N3O3S/c1-17(2)11-6-4-5-10(9-11)15-14(20)16-12(13(18)19)7-8-21-3/h4-6,9,12H,7-8H2,1-3H3,(H,18,19)(H2,15,16,20). The molecule has 1 atom stereocenters. The Labute approximate surface area is 128 Å². The highest BCUT2D eigenvalue weighted by Crippen LogP contribution is 2.17. The maximum atomic E-state index is 11.9. The molecule has 1 rings (SSSR count). The van der Waals surface area contributed by atoms with Crippen molar-refractivity contribution in [2.75, 3.05) is 36.3 Å². The molecule has 0 aliphatic rings. The van der Waals surface area contributed by atoms with Gasteiger partial charge in [-0.2, -0.15) is 11.8 Å². The Balaban J connectivity index is 2.63. The summed E-state index contributed by atoms with van der Waals surface area (Å²) >= 11 is 1.54. The first kappa shape index (κ1) is 17.2. The van der Waals surface area contributed by atoms with E-state index >= 15 is 0 Å². The fraction of sp³-hybridized carbons (Fsp3) is 0.429. The number of benzene rings is 1. The Morgan fingerprint density at radius 1 is 1.38 bits per heavy atom. The molecule has 0 saturated carbocycles. The second-order valence-electron chi connectivity index (χ2n) is 4.72. The number of aliphatic carboxylic acids is 1. The van der Waals surface area contributed by atoms with Crippen LogP contribution in [-0.4, -0.2) is 49.3 Å². The lowest BCUT2D eigenvalue weighted by atomic mass is 10.2. The minimum Gasteiger partial charge on any atom is -0.480 e. The summed E-state index contributed by atoms with van der Waals surface area (Å²) in [5, 5.41) is 14.2. The van der Waals surface area contributed by atoms with Crippen molar-refractivity contribution in [1.82, 2.24) is 5.32 Å². The zero-order chi connectivity index (χ0) is 15.8. The maximum Gasteiger partial charge on any atom is 0.326 e. The lowest BCUT2D eigenvalue weighted by molar-refractivity contribution is -0.139. The quantitative estimate of drug-likeness (QED) is 0.718. The van der Waals surface area contributed by atoms with Crippen molar-refractivity contribution in [2.24, 2.45) is 0 Å². The predicted octanol–water partition coefficient (Wildman–Crippen LogP) is 2.08. The Morgan fingerprint density at radius 2 is 2.10 bits per heavy atom. The number of nitrogens with one attached hydrogen (secondary N) is 2. The van der Waals surface area contributed by atoms with Crippen LogP contribution >= 0.6 is 11.8 Å². The highest BCUT2D eigenvalue weighted by molar-refractivity contribution is 7.98. The average molecular weight is 311 g/mol. The number of thioether (sulfide) groups is 1. The van der Waals surface area contributed by atoms with E-state index in [9.17, 15) is 9.59 Å². The summed E-state index contributed by atoms with van der Waals surface area (Å²) < 4.78 is 0. The molecule has 21 heavy (non-hydrogen) atoms. The number of nitrogens with zero attached hydrogens (tertiary/aromatic N) is 1. The van der Waals surface area contributed by atoms with E-state index in [1.54, 1.807) is 17.8 Å². The zero-order valence-corrected chi connectivity index (χ0v) is 13.2. The molecule has 0 fully saturated rings. The Bertz CT molecular complexity index is 494. The molecule has 0 spiro atoms. The topological polar surface area (TPSA) is 81.7 Å². The van der Waals surface area contributed by atoms with E-state index in [-0.39, 0.29) is 0 Å². The Morgan fingerprint density at radius 3 is 2.67 bits per heavy atom. The van der Waals surface area contributed by atoms with Crippen molar-refractivity contribution < 1.29 is 14.7 Å². The largest absolute Gasteiger partial charge is 0.480 e. The minimum absolute atomic E-state index is 0.391. The normalized spacial score (nSPS) is 11.6. The van der Waals surface area contributed by atoms with Gasteiger partial charge in [0.25, 0.3) is 0 Å². The molecule has 0 radical (unpaired) electrons. The van der Waals surface area contributed by atoms with Gasteiger partial charge in [0.05, 0.1) is 0 Å². The maximum absolute atomic E-state index is 11.9. The third kappa shape index (κ3) is 5.95. The van der Waals surface area contributed by atoms with Crippen molar-refractivity contribution in [2.45, 2.75) is 12.5 Å². The summed E-state index contributed by atoms with van der Waals surface area (Å²) in [6.07, 6.45) is 2.29. The van der Waals surface area contributed by atoms with E-state index in [1.165, 1.54) is 0 Å². The highest BCUT2D eigenvalue weighted by Gasteiger charge is 2.19. The van der Waals surface area contributed by atoms with E-state index in [1.807, 2.05) is 43.5 Å². The van der Waals surface area contributed by atoms with Crippen LogP contribution in [0.15, 0.2) is 24.3 Å². The van der Waals surface area contributed by atoms with E-state index in [2.05, 4.69) is 10.6 Å². The molecular formula is C14H21N3O3S. The molecule has 0 aromatic heterocycles. The van der Waals surface area contributed by atoms with Crippen molar-refractivity contribution in [1.29, 1.82) is 0 Å². The molecule has 1 aromatic rings. The molecule has 0 heterocycles. The number of amides is 2. The summed E-state index contributed by atoms with van der Waals surface area (Å²) in [6.45, 7) is 0. The number of carboxylic acids is 1. The average Bonchev–Trinajstić information content (AvgIpc) is 2.43. The molecule has 0 saturated heterocycles. The summed E-state index contributed by atoms with van der Waals surface area (Å²) in [7, 11) is 3.81. The van der Waals surface area contributed by atoms with E-state index in [0.29, 0.717) is 17.9 Å². The van der Waals surface area contributed by atoms with Crippen LogP contribution in [0, 0.1) is 0 Å². The van der Waals surface area contributed by atoms with Gasteiger partial charge in [0, 0.05) is 25.5 Å². The molecule has 1 unspecified atom stereocenters. The molecule has 1 aromatic carbocycles. The van der Waals surface area contributed by atoms with Gasteiger partial charge in [0.1, 0.15) is 6.04 Å². The summed E-state index contributed by atoms with van der Waals surface area (Å²) in [5.41, 5.74) is 1.57. The van der Waals surface area contributed by atoms with E-state index in [4.69, 9.17) is 5.11 Å². The van der Waals surface area contributed by atoms with Gasteiger partial charge < -0.3 is 20.6 Å². The van der Waals surface area contributed by atoms with Gasteiger partial charge in [-0.05, 0) is 36.6 Å². The van der Waals surface area contributed by atoms with Crippen LogP contribution in [0.4, 0.5) is 16.2 Å². The highest BCUT2D eigenvalue weighted by atomic mass is 32.2. The van der Waals surface area contributed by atoms with Gasteiger partial charge >= 0.3 is 12.0 Å². The van der Waals surface area contributed by atoms with Crippen LogP contribution in [0.2, 0.25) is 0 Å². The Kier molecular flexibility index (Phi) is 6.87. The lowest BCUT2D eigenvalue weighted by Crippen LogP contribution is -2.43. The van der Waals surface area contributed by atoms with Crippen molar-refractivity contribution in [3.8, 4) is 0 Å². The molecule has 0 bridgehead atoms. The number of carboxylic acid groups (broad SMARTS) is 1. The number of carbonyl (C=O) groups is 2. The molecule has 6 nitrogen and oxygen atoms in total. The third-order valence-electron chi connectivity index (χ3n) is 2.83. The second kappa shape index (κ2) is 8.41. The van der Waals surface area contributed by atoms with E-state index < -0.39 is 18.0 Å². The fourth-order valence-corrected chi connectivity index (χ4v) is 2.15. The molecular weight excluding hydrogens is 290 g/mol. The smallest absolute Gasteiger partial charge is 0.326 e. The van der Waals surface area contributed by atoms with Gasteiger partial charge in [0.2, 0.25) is 0 Å². The molecule has 0 aliphatic carbocycles. The fourth-order valence-electron chi connectivity index (χ4n) is 1.68. The first-order chi connectivity index (χ1) is 9.93. The summed E-state index contributed by atoms with van der Waals surface area (Å²) in [4.78, 5) is 24.9. The molecule has 3 N–H and O–H groups in total. The first-order valence-corrected chi connectivity index (χ1v) is 7.90. The van der Waals surface area contributed by atoms with E-state index in [0.717, 1.165) is 5.69 Å². The van der Waals surface area contributed by atoms with Crippen molar-refractivity contribution in [3.05, 3.63) is 24.3 Å². The van der Waals surface area contributed by atoms with Crippen LogP contribution < -0.4 is 15.5 Å². The molecule has 0 aliphatic heterocycles. The number of hydrogen-bond acceptors (Lipinski definition) is 4. The number of urea groups is 1. The first-order valence-electron chi connectivity index (χ1n) is 6.50. The van der Waals surface area contributed by atoms with Crippen molar-refractivity contribution in [3.63, 3.8) is 0 Å². The number of carbonyl (C=O) groups excluding carboxylic acids is 1. The zero-order valence-electron chi connectivity index (χ0n) is 12.4. The molecule has 116 valence electrons. The molecule has 7 heteroatoms. The van der Waals surface area contributed by atoms with Crippen LogP contribution in [0.1, 0.15) is 6.42 Å². The number of rotatable bonds is 7. The monoisotopic (exact) mass is 311 g/mol. The summed E-state index contributed by atoms with van der Waals surface area (Å²) in [5.74, 6) is -0.353. The predicted molar refractivity (Wildman–Crippen MR) is 87.3 cm³/mol. The lowest BCUT2D eigenvalue weighted by Gasteiger charge is -2.16. The molecule has 2 amide bonds. The van der Waals surface area contributed by atoms with Crippen LogP contribution in [0.5, 0.6) is 0 Å². The number of anilines is 2. The van der Waals surface area contributed by atoms with Gasteiger partial charge in [-0.25, -0.2) is 9.59 Å². The van der Waals surface area contributed by atoms with Gasteiger partial charge in [-0.1, -0.05) is 6.07 Å². The van der Waals surface area contributed by atoms with Crippen LogP contribution in [-0.2, 0) is 4.79 Å². The van der Waals surface area contributed by atoms with Gasteiger partial charge in [0.15, 0.2) is 0 Å². The van der Waals surface area contributed by atoms with Crippen molar-refractivity contribution >= 4 is 35.1 Å². The van der Waals surface area contributed by atoms with Gasteiger partial charge in [-0.3, -0.25) is 0 Å². The third-order valence-corrected chi connectivity index (χ3v) is 3.48. The minimum atomic E-state index is -1.03. The SMILES string of the molecule is CSCCC(NC(=O)Nc1cccc(N(C)C)c1)C(=O)O.